The molecule has 2 unspecified atom stereocenters. The standard InChI is InChI=1S/C14H21N3O2/c1-9(6-7-15)17(3)11-4-5-13-12(8-11)16-14(18)10(2)19-13/h4-5,8-10H,6-7,15H2,1-3H3,(H,16,18). The lowest BCUT2D eigenvalue weighted by Crippen LogP contribution is -2.35. The van der Waals surface area contributed by atoms with Crippen molar-refractivity contribution in [1.82, 2.24) is 0 Å². The Morgan fingerprint density at radius 3 is 2.95 bits per heavy atom. The van der Waals surface area contributed by atoms with Crippen molar-refractivity contribution in [3.05, 3.63) is 18.2 Å². The lowest BCUT2D eigenvalue weighted by molar-refractivity contribution is -0.122. The molecule has 1 aromatic carbocycles. The zero-order valence-electron chi connectivity index (χ0n) is 11.6. The summed E-state index contributed by atoms with van der Waals surface area (Å²) in [6.45, 7) is 4.53. The molecule has 104 valence electrons. The minimum atomic E-state index is -0.438. The van der Waals surface area contributed by atoms with E-state index in [9.17, 15) is 4.79 Å². The van der Waals surface area contributed by atoms with Crippen LogP contribution in [0.2, 0.25) is 0 Å². The van der Waals surface area contributed by atoms with Crippen molar-refractivity contribution in [1.29, 1.82) is 0 Å². The number of benzene rings is 1. The van der Waals surface area contributed by atoms with Crippen LogP contribution in [0.5, 0.6) is 5.75 Å². The van der Waals surface area contributed by atoms with Gasteiger partial charge in [-0.3, -0.25) is 4.79 Å². The van der Waals surface area contributed by atoms with Crippen molar-refractivity contribution in [2.24, 2.45) is 5.73 Å². The molecule has 1 aromatic rings. The van der Waals surface area contributed by atoms with E-state index >= 15 is 0 Å². The van der Waals surface area contributed by atoms with Gasteiger partial charge in [-0.2, -0.15) is 0 Å². The van der Waals surface area contributed by atoms with Gasteiger partial charge in [0, 0.05) is 18.8 Å². The fourth-order valence-electron chi connectivity index (χ4n) is 2.11. The molecule has 2 rings (SSSR count). The Bertz CT molecular complexity index is 476. The van der Waals surface area contributed by atoms with Crippen molar-refractivity contribution >= 4 is 17.3 Å². The van der Waals surface area contributed by atoms with Crippen LogP contribution in [0.15, 0.2) is 18.2 Å². The largest absolute Gasteiger partial charge is 0.479 e. The summed E-state index contributed by atoms with van der Waals surface area (Å²) in [7, 11) is 2.02. The number of carbonyl (C=O) groups excluding carboxylic acids is 1. The first-order valence-electron chi connectivity index (χ1n) is 6.57. The van der Waals surface area contributed by atoms with E-state index < -0.39 is 6.10 Å². The van der Waals surface area contributed by atoms with Gasteiger partial charge in [0.2, 0.25) is 0 Å². The summed E-state index contributed by atoms with van der Waals surface area (Å²) in [5.41, 5.74) is 7.35. The average Bonchev–Trinajstić information content (AvgIpc) is 2.39. The quantitative estimate of drug-likeness (QED) is 0.865. The van der Waals surface area contributed by atoms with Gasteiger partial charge in [-0.1, -0.05) is 0 Å². The number of fused-ring (bicyclic) bond motifs is 1. The van der Waals surface area contributed by atoms with Gasteiger partial charge < -0.3 is 20.7 Å². The van der Waals surface area contributed by atoms with E-state index in [4.69, 9.17) is 10.5 Å². The number of hydrogen-bond donors (Lipinski definition) is 2. The highest BCUT2D eigenvalue weighted by Crippen LogP contribution is 2.33. The molecule has 19 heavy (non-hydrogen) atoms. The van der Waals surface area contributed by atoms with Gasteiger partial charge in [0.15, 0.2) is 6.10 Å². The monoisotopic (exact) mass is 263 g/mol. The summed E-state index contributed by atoms with van der Waals surface area (Å²) >= 11 is 0. The first-order valence-corrected chi connectivity index (χ1v) is 6.57. The highest BCUT2D eigenvalue weighted by Gasteiger charge is 2.24. The van der Waals surface area contributed by atoms with Crippen molar-refractivity contribution in [3.63, 3.8) is 0 Å². The predicted octanol–water partition coefficient (Wildman–Crippen LogP) is 1.58. The van der Waals surface area contributed by atoms with Gasteiger partial charge in [-0.05, 0) is 45.0 Å². The van der Waals surface area contributed by atoms with Crippen LogP contribution in [0.4, 0.5) is 11.4 Å². The zero-order valence-corrected chi connectivity index (χ0v) is 11.6. The summed E-state index contributed by atoms with van der Waals surface area (Å²) < 4.78 is 5.54. The Labute approximate surface area is 113 Å². The minimum Gasteiger partial charge on any atom is -0.479 e. The van der Waals surface area contributed by atoms with Crippen LogP contribution in [0.3, 0.4) is 0 Å². The molecule has 1 aliphatic heterocycles. The molecule has 0 fully saturated rings. The molecule has 0 aliphatic carbocycles. The maximum Gasteiger partial charge on any atom is 0.265 e. The fraction of sp³-hybridized carbons (Fsp3) is 0.500. The second-order valence-corrected chi connectivity index (χ2v) is 4.97. The number of anilines is 2. The molecule has 5 nitrogen and oxygen atoms in total. The Kier molecular flexibility index (Phi) is 3.95. The molecule has 0 saturated carbocycles. The molecule has 3 N–H and O–H groups in total. The van der Waals surface area contributed by atoms with Crippen LogP contribution >= 0.6 is 0 Å². The van der Waals surface area contributed by atoms with Crippen LogP contribution in [0.1, 0.15) is 20.3 Å². The normalized spacial score (nSPS) is 19.2. The van der Waals surface area contributed by atoms with Gasteiger partial charge in [0.1, 0.15) is 5.75 Å². The molecule has 2 atom stereocenters. The number of carbonyl (C=O) groups is 1. The first-order chi connectivity index (χ1) is 9.02. The number of nitrogens with two attached hydrogens (primary N) is 1. The molecule has 0 spiro atoms. The summed E-state index contributed by atoms with van der Waals surface area (Å²) in [4.78, 5) is 13.8. The smallest absolute Gasteiger partial charge is 0.265 e. The zero-order chi connectivity index (χ0) is 14.0. The highest BCUT2D eigenvalue weighted by molar-refractivity contribution is 5.98. The Morgan fingerprint density at radius 1 is 1.53 bits per heavy atom. The molecule has 1 amide bonds. The van der Waals surface area contributed by atoms with Gasteiger partial charge in [-0.15, -0.1) is 0 Å². The lowest BCUT2D eigenvalue weighted by atomic mass is 10.1. The van der Waals surface area contributed by atoms with E-state index in [1.165, 1.54) is 0 Å². The van der Waals surface area contributed by atoms with Crippen LogP contribution < -0.4 is 20.7 Å². The SMILES string of the molecule is CC1Oc2ccc(N(C)C(C)CCN)cc2NC1=O. The van der Waals surface area contributed by atoms with Gasteiger partial charge in [0.05, 0.1) is 5.69 Å². The Morgan fingerprint density at radius 2 is 2.26 bits per heavy atom. The summed E-state index contributed by atoms with van der Waals surface area (Å²) in [6, 6.07) is 6.18. The number of amides is 1. The lowest BCUT2D eigenvalue weighted by Gasteiger charge is -2.29. The van der Waals surface area contributed by atoms with E-state index in [2.05, 4.69) is 17.1 Å². The first kappa shape index (κ1) is 13.7. The second kappa shape index (κ2) is 5.48. The molecule has 1 heterocycles. The predicted molar refractivity (Wildman–Crippen MR) is 76.7 cm³/mol. The molecule has 0 saturated heterocycles. The van der Waals surface area contributed by atoms with Crippen LogP contribution in [0, 0.1) is 0 Å². The van der Waals surface area contributed by atoms with Crippen LogP contribution in [0.25, 0.3) is 0 Å². The number of rotatable bonds is 4. The topological polar surface area (TPSA) is 67.6 Å². The van der Waals surface area contributed by atoms with E-state index in [0.29, 0.717) is 12.6 Å². The number of ether oxygens (including phenoxy) is 1. The van der Waals surface area contributed by atoms with E-state index in [0.717, 1.165) is 23.5 Å². The van der Waals surface area contributed by atoms with Gasteiger partial charge in [0.25, 0.3) is 5.91 Å². The van der Waals surface area contributed by atoms with Crippen molar-refractivity contribution in [2.45, 2.75) is 32.4 Å². The summed E-state index contributed by atoms with van der Waals surface area (Å²) in [5, 5.41) is 2.86. The molecule has 1 aliphatic rings. The van der Waals surface area contributed by atoms with E-state index in [1.54, 1.807) is 6.92 Å². The molecule has 0 bridgehead atoms. The van der Waals surface area contributed by atoms with Crippen LogP contribution in [-0.4, -0.2) is 31.6 Å². The Balaban J connectivity index is 2.21. The fourth-order valence-corrected chi connectivity index (χ4v) is 2.11. The number of nitrogens with zero attached hydrogens (tertiary/aromatic N) is 1. The number of nitrogens with one attached hydrogen (secondary N) is 1. The maximum absolute atomic E-state index is 11.6. The van der Waals surface area contributed by atoms with E-state index in [1.807, 2.05) is 25.2 Å². The molecule has 5 heteroatoms. The number of hydrogen-bond acceptors (Lipinski definition) is 4. The van der Waals surface area contributed by atoms with Crippen molar-refractivity contribution in [2.75, 3.05) is 23.8 Å². The van der Waals surface area contributed by atoms with Gasteiger partial charge >= 0.3 is 0 Å². The maximum atomic E-state index is 11.6. The third-order valence-corrected chi connectivity index (χ3v) is 3.55. The molecule has 0 radical (unpaired) electrons. The summed E-state index contributed by atoms with van der Waals surface area (Å²) in [6.07, 6.45) is 0.486. The highest BCUT2D eigenvalue weighted by atomic mass is 16.5. The van der Waals surface area contributed by atoms with Crippen molar-refractivity contribution < 1.29 is 9.53 Å². The summed E-state index contributed by atoms with van der Waals surface area (Å²) in [5.74, 6) is 0.609. The van der Waals surface area contributed by atoms with Crippen molar-refractivity contribution in [3.8, 4) is 5.75 Å². The minimum absolute atomic E-state index is 0.109. The average molecular weight is 263 g/mol. The third-order valence-electron chi connectivity index (χ3n) is 3.55. The van der Waals surface area contributed by atoms with E-state index in [-0.39, 0.29) is 5.91 Å². The molecular weight excluding hydrogens is 242 g/mol. The molecule has 0 aromatic heterocycles. The van der Waals surface area contributed by atoms with Gasteiger partial charge in [-0.25, -0.2) is 0 Å². The third kappa shape index (κ3) is 2.81. The molecular formula is C14H21N3O2. The van der Waals surface area contributed by atoms with Crippen LogP contribution in [-0.2, 0) is 4.79 Å². The second-order valence-electron chi connectivity index (χ2n) is 4.97. The Hall–Kier alpha value is -1.75.